The van der Waals surface area contributed by atoms with Crippen molar-refractivity contribution in [3.05, 3.63) is 89.7 Å². The van der Waals surface area contributed by atoms with Gasteiger partial charge < -0.3 is 5.32 Å². The van der Waals surface area contributed by atoms with Crippen LogP contribution in [0.15, 0.2) is 78.4 Å². The number of para-hydroxylation sites is 1. The Morgan fingerprint density at radius 3 is 2.56 bits per heavy atom. The van der Waals surface area contributed by atoms with Crippen LogP contribution < -0.4 is 5.32 Å². The molecule has 1 N–H and O–H groups in total. The van der Waals surface area contributed by atoms with E-state index in [-0.39, 0.29) is 5.91 Å². The van der Waals surface area contributed by atoms with Crippen molar-refractivity contribution in [3.8, 4) is 16.3 Å². The minimum absolute atomic E-state index is 0.149. The minimum atomic E-state index is -0.149. The van der Waals surface area contributed by atoms with Gasteiger partial charge in [-0.1, -0.05) is 48.5 Å². The first-order chi connectivity index (χ1) is 13.3. The lowest BCUT2D eigenvalue weighted by molar-refractivity contribution is 0.0950. The molecular weight excluding hydrogens is 356 g/mol. The Kier molecular flexibility index (Phi) is 5.07. The fourth-order valence-electron chi connectivity index (χ4n) is 2.72. The second-order valence-corrected chi connectivity index (χ2v) is 6.90. The van der Waals surface area contributed by atoms with Crippen LogP contribution in [0.1, 0.15) is 16.1 Å². The SMILES string of the molecule is O=C(NCCc1ccccc1)c1csc(-c2cnn(-c3ccccc3)c2)n1. The smallest absolute Gasteiger partial charge is 0.270 e. The van der Waals surface area contributed by atoms with Crippen molar-refractivity contribution in [1.29, 1.82) is 0 Å². The molecular formula is C21H18N4OS. The van der Waals surface area contributed by atoms with Crippen molar-refractivity contribution >= 4 is 17.2 Å². The summed E-state index contributed by atoms with van der Waals surface area (Å²) in [6.07, 6.45) is 4.49. The number of nitrogens with zero attached hydrogens (tertiary/aromatic N) is 3. The van der Waals surface area contributed by atoms with Crippen LogP contribution in [-0.2, 0) is 6.42 Å². The highest BCUT2D eigenvalue weighted by Crippen LogP contribution is 2.24. The van der Waals surface area contributed by atoms with E-state index in [9.17, 15) is 4.79 Å². The molecule has 27 heavy (non-hydrogen) atoms. The van der Waals surface area contributed by atoms with E-state index in [1.54, 1.807) is 16.3 Å². The molecule has 0 atom stereocenters. The highest BCUT2D eigenvalue weighted by molar-refractivity contribution is 7.13. The average molecular weight is 374 g/mol. The largest absolute Gasteiger partial charge is 0.350 e. The molecule has 1 amide bonds. The molecule has 0 fully saturated rings. The molecule has 6 heteroatoms. The summed E-state index contributed by atoms with van der Waals surface area (Å²) in [5, 5.41) is 9.88. The number of hydrogen-bond acceptors (Lipinski definition) is 4. The van der Waals surface area contributed by atoms with Crippen molar-refractivity contribution in [2.45, 2.75) is 6.42 Å². The van der Waals surface area contributed by atoms with E-state index in [1.807, 2.05) is 54.7 Å². The number of benzene rings is 2. The molecule has 5 nitrogen and oxygen atoms in total. The molecule has 0 unspecified atom stereocenters. The summed E-state index contributed by atoms with van der Waals surface area (Å²) in [5.41, 5.74) is 3.52. The highest BCUT2D eigenvalue weighted by Gasteiger charge is 2.13. The normalized spacial score (nSPS) is 10.7. The molecule has 0 radical (unpaired) electrons. The van der Waals surface area contributed by atoms with Crippen LogP contribution in [0.3, 0.4) is 0 Å². The third kappa shape index (κ3) is 4.12. The number of aromatic nitrogens is 3. The maximum Gasteiger partial charge on any atom is 0.270 e. The summed E-state index contributed by atoms with van der Waals surface area (Å²) in [7, 11) is 0. The Hall–Kier alpha value is -3.25. The first-order valence-electron chi connectivity index (χ1n) is 8.68. The van der Waals surface area contributed by atoms with E-state index in [0.717, 1.165) is 22.7 Å². The summed E-state index contributed by atoms with van der Waals surface area (Å²) in [6, 6.07) is 20.0. The summed E-state index contributed by atoms with van der Waals surface area (Å²) in [6.45, 7) is 0.585. The number of nitrogens with one attached hydrogen (secondary N) is 1. The Labute approximate surface area is 161 Å². The standard InChI is InChI=1S/C21H18N4OS/c26-20(22-12-11-16-7-3-1-4-8-16)19-15-27-21(24-19)17-13-23-25(14-17)18-9-5-2-6-10-18/h1-10,13-15H,11-12H2,(H,22,26). The van der Waals surface area contributed by atoms with Crippen LogP contribution in [0.25, 0.3) is 16.3 Å². The first-order valence-corrected chi connectivity index (χ1v) is 9.56. The molecule has 2 aromatic carbocycles. The van der Waals surface area contributed by atoms with E-state index in [1.165, 1.54) is 16.9 Å². The van der Waals surface area contributed by atoms with Gasteiger partial charge in [-0.05, 0) is 24.1 Å². The molecule has 4 aromatic rings. The van der Waals surface area contributed by atoms with Crippen LogP contribution in [-0.4, -0.2) is 27.2 Å². The zero-order chi connectivity index (χ0) is 18.5. The molecule has 0 bridgehead atoms. The monoisotopic (exact) mass is 374 g/mol. The predicted molar refractivity (Wildman–Crippen MR) is 107 cm³/mol. The molecule has 0 aliphatic rings. The molecule has 2 heterocycles. The second kappa shape index (κ2) is 7.97. The summed E-state index contributed by atoms with van der Waals surface area (Å²) < 4.78 is 1.80. The van der Waals surface area contributed by atoms with Gasteiger partial charge >= 0.3 is 0 Å². The third-order valence-corrected chi connectivity index (χ3v) is 5.02. The van der Waals surface area contributed by atoms with Crippen molar-refractivity contribution in [3.63, 3.8) is 0 Å². The van der Waals surface area contributed by atoms with Crippen LogP contribution in [0.4, 0.5) is 0 Å². The number of thiazole rings is 1. The summed E-state index contributed by atoms with van der Waals surface area (Å²) in [4.78, 5) is 16.8. The first kappa shape index (κ1) is 17.2. The van der Waals surface area contributed by atoms with Gasteiger partial charge in [0.05, 0.1) is 11.9 Å². The second-order valence-electron chi connectivity index (χ2n) is 6.04. The zero-order valence-electron chi connectivity index (χ0n) is 14.6. The summed E-state index contributed by atoms with van der Waals surface area (Å²) in [5.74, 6) is -0.149. The molecule has 2 aromatic heterocycles. The lowest BCUT2D eigenvalue weighted by Crippen LogP contribution is -2.25. The zero-order valence-corrected chi connectivity index (χ0v) is 15.4. The van der Waals surface area contributed by atoms with Gasteiger partial charge in [0.1, 0.15) is 10.7 Å². The van der Waals surface area contributed by atoms with Gasteiger partial charge in [-0.2, -0.15) is 5.10 Å². The highest BCUT2D eigenvalue weighted by atomic mass is 32.1. The van der Waals surface area contributed by atoms with Gasteiger partial charge in [-0.15, -0.1) is 11.3 Å². The van der Waals surface area contributed by atoms with Crippen molar-refractivity contribution in [2.75, 3.05) is 6.54 Å². The van der Waals surface area contributed by atoms with Gasteiger partial charge in [0.2, 0.25) is 0 Å². The van der Waals surface area contributed by atoms with Crippen molar-refractivity contribution < 1.29 is 4.79 Å². The fraction of sp³-hybridized carbons (Fsp3) is 0.0952. The molecule has 134 valence electrons. The number of carbonyl (C=O) groups excluding carboxylic acids is 1. The Morgan fingerprint density at radius 1 is 1.04 bits per heavy atom. The van der Waals surface area contributed by atoms with Crippen molar-refractivity contribution in [2.24, 2.45) is 0 Å². The number of carbonyl (C=O) groups is 1. The fourth-order valence-corrected chi connectivity index (χ4v) is 3.50. The van der Waals surface area contributed by atoms with Gasteiger partial charge in [0.15, 0.2) is 0 Å². The van der Waals surface area contributed by atoms with Crippen LogP contribution in [0, 0.1) is 0 Å². The Balaban J connectivity index is 1.39. The number of rotatable bonds is 6. The average Bonchev–Trinajstić information content (AvgIpc) is 3.39. The van der Waals surface area contributed by atoms with Crippen molar-refractivity contribution in [1.82, 2.24) is 20.1 Å². The molecule has 0 aliphatic heterocycles. The van der Waals surface area contributed by atoms with Crippen LogP contribution in [0.2, 0.25) is 0 Å². The molecule has 0 saturated carbocycles. The maximum atomic E-state index is 12.3. The Morgan fingerprint density at radius 2 is 1.78 bits per heavy atom. The van der Waals surface area contributed by atoms with Gasteiger partial charge in [-0.3, -0.25) is 4.79 Å². The maximum absolute atomic E-state index is 12.3. The quantitative estimate of drug-likeness (QED) is 0.556. The third-order valence-electron chi connectivity index (χ3n) is 4.13. The predicted octanol–water partition coefficient (Wildman–Crippen LogP) is 3.97. The van der Waals surface area contributed by atoms with E-state index >= 15 is 0 Å². The van der Waals surface area contributed by atoms with E-state index in [4.69, 9.17) is 0 Å². The Bertz CT molecular complexity index is 1020. The van der Waals surface area contributed by atoms with E-state index in [0.29, 0.717) is 12.2 Å². The van der Waals surface area contributed by atoms with E-state index in [2.05, 4.69) is 27.5 Å². The molecule has 0 spiro atoms. The molecule has 0 aliphatic carbocycles. The molecule has 4 rings (SSSR count). The van der Waals surface area contributed by atoms with E-state index < -0.39 is 0 Å². The number of amides is 1. The van der Waals surface area contributed by atoms with Gasteiger partial charge in [-0.25, -0.2) is 9.67 Å². The minimum Gasteiger partial charge on any atom is -0.350 e. The lowest BCUT2D eigenvalue weighted by Gasteiger charge is -2.03. The van der Waals surface area contributed by atoms with Gasteiger partial charge in [0, 0.05) is 23.7 Å². The molecule has 0 saturated heterocycles. The van der Waals surface area contributed by atoms with Crippen LogP contribution >= 0.6 is 11.3 Å². The van der Waals surface area contributed by atoms with Gasteiger partial charge in [0.25, 0.3) is 5.91 Å². The topological polar surface area (TPSA) is 59.8 Å². The lowest BCUT2D eigenvalue weighted by atomic mass is 10.1. The summed E-state index contributed by atoms with van der Waals surface area (Å²) >= 11 is 1.44. The number of hydrogen-bond donors (Lipinski definition) is 1. The van der Waals surface area contributed by atoms with Crippen LogP contribution in [0.5, 0.6) is 0 Å².